The normalized spacial score (nSPS) is 25.3. The monoisotopic (exact) mass is 650 g/mol. The number of carboxylic acid groups (broad SMARTS) is 1. The number of benzene rings is 2. The van der Waals surface area contributed by atoms with E-state index in [4.69, 9.17) is 9.72 Å². The van der Waals surface area contributed by atoms with Crippen molar-refractivity contribution in [3.63, 3.8) is 0 Å². The Bertz CT molecular complexity index is 1620. The van der Waals surface area contributed by atoms with E-state index in [0.29, 0.717) is 37.8 Å². The fourth-order valence-corrected chi connectivity index (χ4v) is 8.64. The number of aliphatic hydroxyl groups is 1. The van der Waals surface area contributed by atoms with E-state index in [-0.39, 0.29) is 61.5 Å². The van der Waals surface area contributed by atoms with Gasteiger partial charge in [-0.3, -0.25) is 4.79 Å². The minimum atomic E-state index is -3.03. The number of piperazine rings is 1. The number of amides is 2. The van der Waals surface area contributed by atoms with Gasteiger partial charge in [-0.2, -0.15) is 0 Å². The van der Waals surface area contributed by atoms with Gasteiger partial charge in [0.05, 0.1) is 48.3 Å². The minimum Gasteiger partial charge on any atom is -0.465 e. The highest BCUT2D eigenvalue weighted by Gasteiger charge is 2.44. The Balaban J connectivity index is 1.31. The van der Waals surface area contributed by atoms with Crippen LogP contribution in [0.25, 0.3) is 11.3 Å². The summed E-state index contributed by atoms with van der Waals surface area (Å²) in [5.41, 5.74) is 1.44. The number of aromatic nitrogens is 2. The van der Waals surface area contributed by atoms with Crippen LogP contribution in [0.3, 0.4) is 0 Å². The van der Waals surface area contributed by atoms with E-state index in [1.165, 1.54) is 4.90 Å². The van der Waals surface area contributed by atoms with Crippen LogP contribution in [0.2, 0.25) is 0 Å². The summed E-state index contributed by atoms with van der Waals surface area (Å²) in [5, 5.41) is 21.9. The third-order valence-electron chi connectivity index (χ3n) is 9.74. The molecule has 1 aliphatic carbocycles. The van der Waals surface area contributed by atoms with Crippen LogP contribution in [0.4, 0.5) is 4.79 Å². The summed E-state index contributed by atoms with van der Waals surface area (Å²) < 4.78 is 32.0. The molecular formula is C34H42N4O7S. The van der Waals surface area contributed by atoms with Gasteiger partial charge in [0.2, 0.25) is 0 Å². The molecule has 246 valence electrons. The van der Waals surface area contributed by atoms with Crippen LogP contribution in [0.1, 0.15) is 60.6 Å². The lowest BCUT2D eigenvalue weighted by atomic mass is 9.80. The van der Waals surface area contributed by atoms with Gasteiger partial charge in [-0.25, -0.2) is 18.2 Å². The molecule has 1 saturated carbocycles. The topological polar surface area (TPSA) is 142 Å². The molecule has 2 aliphatic heterocycles. The molecule has 6 rings (SSSR count). The average molecular weight is 651 g/mol. The number of hydrogen-bond acceptors (Lipinski definition) is 7. The van der Waals surface area contributed by atoms with Gasteiger partial charge in [0, 0.05) is 25.2 Å². The first-order valence-electron chi connectivity index (χ1n) is 16.1. The van der Waals surface area contributed by atoms with Crippen LogP contribution in [-0.2, 0) is 21.0 Å². The van der Waals surface area contributed by atoms with E-state index in [1.54, 1.807) is 11.2 Å². The number of carbonyl (C=O) groups is 2. The van der Waals surface area contributed by atoms with Gasteiger partial charge in [-0.1, -0.05) is 73.5 Å². The molecule has 0 bridgehead atoms. The van der Waals surface area contributed by atoms with Crippen molar-refractivity contribution in [1.29, 1.82) is 0 Å². The van der Waals surface area contributed by atoms with Crippen LogP contribution in [-0.4, -0.2) is 105 Å². The first-order valence-corrected chi connectivity index (χ1v) is 17.9. The third-order valence-corrected chi connectivity index (χ3v) is 11.5. The number of ether oxygens (including phenoxy) is 1. The Kier molecular flexibility index (Phi) is 9.49. The quantitative estimate of drug-likeness (QED) is 0.372. The largest absolute Gasteiger partial charge is 0.465 e. The summed E-state index contributed by atoms with van der Waals surface area (Å²) in [5.74, 6) is -0.0876. The molecule has 1 aromatic heterocycles. The molecule has 2 N–H and O–H groups in total. The minimum absolute atomic E-state index is 0.0639. The van der Waals surface area contributed by atoms with E-state index in [0.717, 1.165) is 24.0 Å². The SMILES string of the molecule is O=C(O)N1CCN(C(=O)c2ncn(C3CCCCC3(O)COC3CCS(=O)(=O)CC3)c2-c2ccccc2)[C@H](Cc2ccccc2)C1. The standard InChI is InChI=1S/C34H42N4O7S/c39-32(37-18-17-36(33(40)41)22-27(37)21-25-9-3-1-4-10-25)30-31(26-11-5-2-6-12-26)38(24-35-30)29-13-7-8-16-34(29,42)23-45-28-14-19-46(43,44)20-15-28/h1-6,9-12,24,27-29,42H,7-8,13-23H2,(H,40,41)/t27-,29?,34?/m1/s1. The summed E-state index contributed by atoms with van der Waals surface area (Å²) >= 11 is 0. The molecule has 2 amide bonds. The van der Waals surface area contributed by atoms with Crippen LogP contribution in [0.15, 0.2) is 67.0 Å². The Morgan fingerprint density at radius 2 is 1.65 bits per heavy atom. The Morgan fingerprint density at radius 3 is 2.35 bits per heavy atom. The highest BCUT2D eigenvalue weighted by molar-refractivity contribution is 7.91. The molecule has 0 radical (unpaired) electrons. The van der Waals surface area contributed by atoms with Crippen LogP contribution in [0, 0.1) is 0 Å². The number of rotatable bonds is 8. The number of imidazole rings is 1. The fourth-order valence-electron chi connectivity index (χ4n) is 7.20. The maximum Gasteiger partial charge on any atom is 0.407 e. The smallest absolute Gasteiger partial charge is 0.407 e. The van der Waals surface area contributed by atoms with Crippen molar-refractivity contribution in [2.75, 3.05) is 37.7 Å². The molecule has 2 aromatic carbocycles. The van der Waals surface area contributed by atoms with Gasteiger partial charge in [0.1, 0.15) is 5.60 Å². The van der Waals surface area contributed by atoms with Gasteiger partial charge in [-0.15, -0.1) is 0 Å². The Labute approximate surface area is 269 Å². The Morgan fingerprint density at radius 1 is 0.957 bits per heavy atom. The first kappa shape index (κ1) is 32.2. The molecule has 3 fully saturated rings. The molecule has 2 saturated heterocycles. The molecule has 3 aromatic rings. The third kappa shape index (κ3) is 6.98. The van der Waals surface area contributed by atoms with Crippen molar-refractivity contribution >= 4 is 21.8 Å². The Hall–Kier alpha value is -3.74. The molecule has 3 aliphatic rings. The van der Waals surface area contributed by atoms with E-state index in [2.05, 4.69) is 0 Å². The van der Waals surface area contributed by atoms with Crippen molar-refractivity contribution in [2.45, 2.75) is 68.7 Å². The maximum atomic E-state index is 14.5. The molecule has 0 spiro atoms. The highest BCUT2D eigenvalue weighted by Crippen LogP contribution is 2.41. The van der Waals surface area contributed by atoms with Crippen molar-refractivity contribution in [3.05, 3.63) is 78.2 Å². The van der Waals surface area contributed by atoms with E-state index < -0.39 is 27.6 Å². The first-order chi connectivity index (χ1) is 22.1. The zero-order chi connectivity index (χ0) is 32.3. The second kappa shape index (κ2) is 13.5. The maximum absolute atomic E-state index is 14.5. The lowest BCUT2D eigenvalue weighted by Crippen LogP contribution is -2.57. The van der Waals surface area contributed by atoms with Crippen LogP contribution >= 0.6 is 0 Å². The molecular weight excluding hydrogens is 608 g/mol. The molecule has 3 heterocycles. The average Bonchev–Trinajstić information content (AvgIpc) is 3.50. The summed E-state index contributed by atoms with van der Waals surface area (Å²) in [4.78, 5) is 34.2. The van der Waals surface area contributed by atoms with Crippen LogP contribution < -0.4 is 0 Å². The lowest BCUT2D eigenvalue weighted by Gasteiger charge is -2.42. The predicted octanol–water partition coefficient (Wildman–Crippen LogP) is 4.04. The van der Waals surface area contributed by atoms with Gasteiger partial charge in [-0.05, 0) is 37.7 Å². The molecule has 2 unspecified atom stereocenters. The zero-order valence-corrected chi connectivity index (χ0v) is 26.7. The summed E-state index contributed by atoms with van der Waals surface area (Å²) in [6.45, 7) is 0.700. The van der Waals surface area contributed by atoms with Gasteiger partial charge in [0.25, 0.3) is 5.91 Å². The summed E-state index contributed by atoms with van der Waals surface area (Å²) in [6.07, 6.45) is 4.63. The van der Waals surface area contributed by atoms with E-state index in [9.17, 15) is 28.2 Å². The van der Waals surface area contributed by atoms with E-state index in [1.807, 2.05) is 65.2 Å². The lowest BCUT2D eigenvalue weighted by molar-refractivity contribution is -0.117. The molecule has 12 heteroatoms. The van der Waals surface area contributed by atoms with Crippen LogP contribution in [0.5, 0.6) is 0 Å². The molecule has 3 atom stereocenters. The van der Waals surface area contributed by atoms with Crippen molar-refractivity contribution < 1.29 is 33.0 Å². The van der Waals surface area contributed by atoms with Crippen molar-refractivity contribution in [2.24, 2.45) is 0 Å². The second-order valence-corrected chi connectivity index (χ2v) is 15.1. The molecule has 11 nitrogen and oxygen atoms in total. The summed E-state index contributed by atoms with van der Waals surface area (Å²) in [7, 11) is -3.03. The van der Waals surface area contributed by atoms with Crippen molar-refractivity contribution in [3.8, 4) is 11.3 Å². The number of carbonyl (C=O) groups excluding carboxylic acids is 1. The van der Waals surface area contributed by atoms with Gasteiger partial charge in [0.15, 0.2) is 15.5 Å². The predicted molar refractivity (Wildman–Crippen MR) is 172 cm³/mol. The van der Waals surface area contributed by atoms with Crippen molar-refractivity contribution in [1.82, 2.24) is 19.4 Å². The van der Waals surface area contributed by atoms with Gasteiger partial charge >= 0.3 is 6.09 Å². The van der Waals surface area contributed by atoms with Gasteiger partial charge < -0.3 is 29.3 Å². The van der Waals surface area contributed by atoms with E-state index >= 15 is 0 Å². The molecule has 46 heavy (non-hydrogen) atoms. The highest BCUT2D eigenvalue weighted by atomic mass is 32.2. The number of hydrogen-bond donors (Lipinski definition) is 2. The zero-order valence-electron chi connectivity index (χ0n) is 25.9. The number of sulfone groups is 1. The summed E-state index contributed by atoms with van der Waals surface area (Å²) in [6, 6.07) is 18.5. The fraction of sp³-hybridized carbons (Fsp3) is 0.500. The number of nitrogens with zero attached hydrogens (tertiary/aromatic N) is 4. The second-order valence-electron chi connectivity index (χ2n) is 12.8.